The van der Waals surface area contributed by atoms with Crippen molar-refractivity contribution in [2.24, 2.45) is 5.41 Å². The quantitative estimate of drug-likeness (QED) is 0.802. The number of hydrogen-bond acceptors (Lipinski definition) is 1. The van der Waals surface area contributed by atoms with Gasteiger partial charge in [-0.05, 0) is 36.7 Å². The molecule has 1 saturated carbocycles. The zero-order valence-corrected chi connectivity index (χ0v) is 12.7. The molecule has 1 aromatic rings. The molecule has 0 heterocycles. The van der Waals surface area contributed by atoms with Crippen LogP contribution in [0, 0.1) is 5.41 Å². The Labute approximate surface area is 124 Å². The van der Waals surface area contributed by atoms with E-state index in [0.717, 1.165) is 31.2 Å². The van der Waals surface area contributed by atoms with Crippen LogP contribution in [0.25, 0.3) is 0 Å². The van der Waals surface area contributed by atoms with Gasteiger partial charge in [0.25, 0.3) is 0 Å². The molecule has 1 nitrogen and oxygen atoms in total. The second-order valence-corrected chi connectivity index (χ2v) is 6.89. The summed E-state index contributed by atoms with van der Waals surface area (Å²) in [7, 11) is 0. The van der Waals surface area contributed by atoms with Crippen molar-refractivity contribution in [3.8, 4) is 0 Å². The van der Waals surface area contributed by atoms with Crippen molar-refractivity contribution in [3.05, 3.63) is 35.9 Å². The molecule has 0 bridgehead atoms. The SMILES string of the molecule is CC1(C)CCC(NC(CC(F)(F)F)c2ccccc2)CC1. The van der Waals surface area contributed by atoms with E-state index in [1.807, 2.05) is 6.07 Å². The van der Waals surface area contributed by atoms with Crippen molar-refractivity contribution in [3.63, 3.8) is 0 Å². The second-order valence-electron chi connectivity index (χ2n) is 6.89. The van der Waals surface area contributed by atoms with Crippen molar-refractivity contribution in [1.82, 2.24) is 5.32 Å². The number of halogens is 3. The summed E-state index contributed by atoms with van der Waals surface area (Å²) in [5, 5.41) is 3.25. The van der Waals surface area contributed by atoms with Crippen LogP contribution in [0.3, 0.4) is 0 Å². The van der Waals surface area contributed by atoms with Crippen LogP contribution in [-0.2, 0) is 0 Å². The lowest BCUT2D eigenvalue weighted by Gasteiger charge is -2.36. The maximum Gasteiger partial charge on any atom is 0.390 e. The van der Waals surface area contributed by atoms with Crippen LogP contribution in [0.4, 0.5) is 13.2 Å². The molecule has 1 atom stereocenters. The van der Waals surface area contributed by atoms with Gasteiger partial charge in [-0.2, -0.15) is 13.2 Å². The smallest absolute Gasteiger partial charge is 0.307 e. The van der Waals surface area contributed by atoms with Crippen LogP contribution in [0.2, 0.25) is 0 Å². The minimum atomic E-state index is -4.15. The predicted molar refractivity (Wildman–Crippen MR) is 79.0 cm³/mol. The van der Waals surface area contributed by atoms with E-state index in [0.29, 0.717) is 5.41 Å². The first-order valence-corrected chi connectivity index (χ1v) is 7.63. The zero-order chi connectivity index (χ0) is 15.5. The van der Waals surface area contributed by atoms with E-state index in [-0.39, 0.29) is 6.04 Å². The second kappa shape index (κ2) is 6.39. The molecule has 0 aromatic heterocycles. The molecule has 0 saturated heterocycles. The topological polar surface area (TPSA) is 12.0 Å². The molecule has 2 rings (SSSR count). The summed E-state index contributed by atoms with van der Waals surface area (Å²) in [6.45, 7) is 4.46. The number of hydrogen-bond donors (Lipinski definition) is 1. The first kappa shape index (κ1) is 16.3. The van der Waals surface area contributed by atoms with Crippen molar-refractivity contribution in [1.29, 1.82) is 0 Å². The van der Waals surface area contributed by atoms with E-state index in [1.165, 1.54) is 0 Å². The average Bonchev–Trinajstić information content (AvgIpc) is 2.40. The molecule has 0 aliphatic heterocycles. The van der Waals surface area contributed by atoms with Gasteiger partial charge >= 0.3 is 6.18 Å². The molecule has 21 heavy (non-hydrogen) atoms. The first-order valence-electron chi connectivity index (χ1n) is 7.63. The minimum Gasteiger partial charge on any atom is -0.307 e. The third-order valence-corrected chi connectivity index (χ3v) is 4.41. The van der Waals surface area contributed by atoms with E-state index < -0.39 is 18.6 Å². The normalized spacial score (nSPS) is 21.2. The average molecular weight is 299 g/mol. The predicted octanol–water partition coefficient (Wildman–Crippen LogP) is 5.24. The van der Waals surface area contributed by atoms with Gasteiger partial charge in [0.05, 0.1) is 6.42 Å². The van der Waals surface area contributed by atoms with Gasteiger partial charge < -0.3 is 5.32 Å². The summed E-state index contributed by atoms with van der Waals surface area (Å²) in [5.41, 5.74) is 1.05. The Hall–Kier alpha value is -1.03. The highest BCUT2D eigenvalue weighted by Gasteiger charge is 2.35. The molecule has 1 fully saturated rings. The fourth-order valence-electron chi connectivity index (χ4n) is 3.04. The van der Waals surface area contributed by atoms with E-state index in [1.54, 1.807) is 24.3 Å². The third-order valence-electron chi connectivity index (χ3n) is 4.41. The summed E-state index contributed by atoms with van der Waals surface area (Å²) in [4.78, 5) is 0. The number of benzene rings is 1. The lowest BCUT2D eigenvalue weighted by molar-refractivity contribution is -0.141. The summed E-state index contributed by atoms with van der Waals surface area (Å²) < 4.78 is 38.5. The van der Waals surface area contributed by atoms with Gasteiger partial charge in [0.1, 0.15) is 0 Å². The lowest BCUT2D eigenvalue weighted by atomic mass is 9.75. The molecular formula is C17H24F3N. The number of alkyl halides is 3. The standard InChI is InChI=1S/C17H24F3N/c1-16(2)10-8-14(9-11-16)21-15(12-17(18,19)20)13-6-4-3-5-7-13/h3-7,14-15,21H,8-12H2,1-2H3. The molecule has 1 unspecified atom stereocenters. The maximum absolute atomic E-state index is 12.8. The summed E-state index contributed by atoms with van der Waals surface area (Å²) in [6, 6.07) is 8.52. The Kier molecular flexibility index (Phi) is 4.97. The summed E-state index contributed by atoms with van der Waals surface area (Å²) >= 11 is 0. The van der Waals surface area contributed by atoms with Crippen LogP contribution >= 0.6 is 0 Å². The summed E-state index contributed by atoms with van der Waals surface area (Å²) in [6.07, 6.45) is -0.920. The van der Waals surface area contributed by atoms with Crippen LogP contribution < -0.4 is 5.32 Å². The molecule has 0 radical (unpaired) electrons. The highest BCUT2D eigenvalue weighted by atomic mass is 19.4. The molecule has 1 aliphatic rings. The zero-order valence-electron chi connectivity index (χ0n) is 12.7. The Morgan fingerprint density at radius 3 is 2.24 bits per heavy atom. The van der Waals surface area contributed by atoms with Crippen molar-refractivity contribution >= 4 is 0 Å². The van der Waals surface area contributed by atoms with E-state index in [9.17, 15) is 13.2 Å². The largest absolute Gasteiger partial charge is 0.390 e. The molecule has 1 N–H and O–H groups in total. The number of nitrogens with one attached hydrogen (secondary N) is 1. The molecule has 4 heteroatoms. The van der Waals surface area contributed by atoms with Crippen LogP contribution in [0.15, 0.2) is 30.3 Å². The van der Waals surface area contributed by atoms with Gasteiger partial charge in [-0.15, -0.1) is 0 Å². The highest BCUT2D eigenvalue weighted by Crippen LogP contribution is 2.37. The fraction of sp³-hybridized carbons (Fsp3) is 0.647. The molecule has 1 aliphatic carbocycles. The fourth-order valence-corrected chi connectivity index (χ4v) is 3.04. The van der Waals surface area contributed by atoms with E-state index in [2.05, 4.69) is 19.2 Å². The van der Waals surface area contributed by atoms with E-state index in [4.69, 9.17) is 0 Å². The molecule has 0 amide bonds. The Bertz CT molecular complexity index is 429. The Morgan fingerprint density at radius 2 is 1.71 bits per heavy atom. The minimum absolute atomic E-state index is 0.186. The van der Waals surface area contributed by atoms with Gasteiger partial charge in [-0.1, -0.05) is 44.2 Å². The third kappa shape index (κ3) is 5.34. The molecular weight excluding hydrogens is 275 g/mol. The van der Waals surface area contributed by atoms with Gasteiger partial charge in [0.2, 0.25) is 0 Å². The van der Waals surface area contributed by atoms with Crippen molar-refractivity contribution in [2.75, 3.05) is 0 Å². The van der Waals surface area contributed by atoms with Gasteiger partial charge in [0, 0.05) is 12.1 Å². The van der Waals surface area contributed by atoms with Crippen molar-refractivity contribution < 1.29 is 13.2 Å². The number of rotatable bonds is 4. The van der Waals surface area contributed by atoms with Gasteiger partial charge in [-0.3, -0.25) is 0 Å². The van der Waals surface area contributed by atoms with Gasteiger partial charge in [-0.25, -0.2) is 0 Å². The highest BCUT2D eigenvalue weighted by molar-refractivity contribution is 5.19. The molecule has 1 aromatic carbocycles. The van der Waals surface area contributed by atoms with E-state index >= 15 is 0 Å². The molecule has 0 spiro atoms. The monoisotopic (exact) mass is 299 g/mol. The van der Waals surface area contributed by atoms with Crippen LogP contribution in [-0.4, -0.2) is 12.2 Å². The maximum atomic E-state index is 12.8. The van der Waals surface area contributed by atoms with Crippen LogP contribution in [0.5, 0.6) is 0 Å². The lowest BCUT2D eigenvalue weighted by Crippen LogP contribution is -2.39. The van der Waals surface area contributed by atoms with Crippen LogP contribution in [0.1, 0.15) is 57.6 Å². The summed E-state index contributed by atoms with van der Waals surface area (Å²) in [5.74, 6) is 0. The van der Waals surface area contributed by atoms with Crippen molar-refractivity contribution in [2.45, 2.75) is 64.2 Å². The first-order chi connectivity index (χ1) is 9.75. The Morgan fingerprint density at radius 1 is 1.14 bits per heavy atom. The van der Waals surface area contributed by atoms with Gasteiger partial charge in [0.15, 0.2) is 0 Å². The molecule has 118 valence electrons. The Balaban J connectivity index is 2.03.